The van der Waals surface area contributed by atoms with E-state index in [9.17, 15) is 4.79 Å². The third-order valence-corrected chi connectivity index (χ3v) is 5.55. The third kappa shape index (κ3) is 3.79. The summed E-state index contributed by atoms with van der Waals surface area (Å²) in [5.74, 6) is -0.118. The minimum atomic E-state index is -0.118. The highest BCUT2D eigenvalue weighted by Gasteiger charge is 2.28. The van der Waals surface area contributed by atoms with Gasteiger partial charge in [-0.3, -0.25) is 4.79 Å². The molecule has 0 radical (unpaired) electrons. The Morgan fingerprint density at radius 1 is 0.969 bits per heavy atom. The molecule has 1 aliphatic rings. The molecule has 1 aromatic heterocycles. The second-order valence-electron chi connectivity index (χ2n) is 7.64. The monoisotopic (exact) mass is 421 g/mol. The lowest BCUT2D eigenvalue weighted by Crippen LogP contribution is -2.10. The first-order valence-corrected chi connectivity index (χ1v) is 10.5. The van der Waals surface area contributed by atoms with Crippen molar-refractivity contribution in [1.29, 1.82) is 0 Å². The quantitative estimate of drug-likeness (QED) is 0.345. The van der Waals surface area contributed by atoms with Gasteiger partial charge in [-0.25, -0.2) is 4.98 Å². The molecule has 6 nitrogen and oxygen atoms in total. The molecule has 6 heteroatoms. The zero-order valence-corrected chi connectivity index (χ0v) is 17.4. The molecule has 3 aromatic carbocycles. The van der Waals surface area contributed by atoms with E-state index in [4.69, 9.17) is 5.73 Å². The fourth-order valence-electron chi connectivity index (χ4n) is 3.94. The van der Waals surface area contributed by atoms with Crippen LogP contribution in [0, 0.1) is 0 Å². The number of fused-ring (bicyclic) bond motifs is 1. The highest BCUT2D eigenvalue weighted by Crippen LogP contribution is 2.37. The first-order valence-electron chi connectivity index (χ1n) is 10.5. The van der Waals surface area contributed by atoms with Gasteiger partial charge in [-0.05, 0) is 42.3 Å². The summed E-state index contributed by atoms with van der Waals surface area (Å²) in [5.41, 5.74) is 13.7. The first kappa shape index (κ1) is 19.8. The van der Waals surface area contributed by atoms with Gasteiger partial charge in [0.15, 0.2) is 0 Å². The normalized spacial score (nSPS) is 14.1. The summed E-state index contributed by atoms with van der Waals surface area (Å²) in [6.07, 6.45) is 4.34. The van der Waals surface area contributed by atoms with Crippen molar-refractivity contribution in [2.45, 2.75) is 6.42 Å². The van der Waals surface area contributed by atoms with Gasteiger partial charge in [0.1, 0.15) is 0 Å². The molecule has 0 spiro atoms. The van der Waals surface area contributed by atoms with E-state index in [1.165, 1.54) is 5.56 Å². The lowest BCUT2D eigenvalue weighted by atomic mass is 9.98. The van der Waals surface area contributed by atoms with Crippen molar-refractivity contribution in [1.82, 2.24) is 9.97 Å². The summed E-state index contributed by atoms with van der Waals surface area (Å²) >= 11 is 0. The van der Waals surface area contributed by atoms with Gasteiger partial charge in [0.2, 0.25) is 0 Å². The standard InChI is InChI=1S/C26H23N5O/c27-14-13-17-5-7-19(8-6-17)25(24-21-3-1-2-4-22(21)31-26(24)32)30-20-11-9-18(10-12-20)23-15-28-16-29-23/h1-12,15-16,30H,13-14,27H2,(H,28,29)(H,31,32). The molecule has 0 aliphatic carbocycles. The summed E-state index contributed by atoms with van der Waals surface area (Å²) in [7, 11) is 0. The minimum Gasteiger partial charge on any atom is -0.354 e. The Hall–Kier alpha value is -4.16. The van der Waals surface area contributed by atoms with E-state index in [-0.39, 0.29) is 5.91 Å². The number of aromatic nitrogens is 2. The van der Waals surface area contributed by atoms with Crippen LogP contribution in [0.15, 0.2) is 85.3 Å². The SMILES string of the molecule is NCCc1ccc(C(Nc2ccc(-c3c[nH]cn3)cc2)=C2C(=O)Nc3ccccc32)cc1. The van der Waals surface area contributed by atoms with Crippen LogP contribution in [0.5, 0.6) is 0 Å². The zero-order valence-electron chi connectivity index (χ0n) is 17.4. The number of carbonyl (C=O) groups excluding carboxylic acids is 1. The molecule has 0 atom stereocenters. The summed E-state index contributed by atoms with van der Waals surface area (Å²) in [6.45, 7) is 0.601. The van der Waals surface area contributed by atoms with Crippen LogP contribution in [-0.4, -0.2) is 22.4 Å². The van der Waals surface area contributed by atoms with Crippen LogP contribution in [0.2, 0.25) is 0 Å². The van der Waals surface area contributed by atoms with Crippen molar-refractivity contribution >= 4 is 28.6 Å². The lowest BCUT2D eigenvalue weighted by Gasteiger charge is -2.15. The Balaban J connectivity index is 1.57. The van der Waals surface area contributed by atoms with Gasteiger partial charge in [-0.1, -0.05) is 54.6 Å². The molecule has 0 bridgehead atoms. The zero-order chi connectivity index (χ0) is 21.9. The van der Waals surface area contributed by atoms with Gasteiger partial charge in [0.05, 0.1) is 23.3 Å². The molecule has 32 heavy (non-hydrogen) atoms. The lowest BCUT2D eigenvalue weighted by molar-refractivity contribution is -0.110. The van der Waals surface area contributed by atoms with Crippen molar-refractivity contribution < 1.29 is 4.79 Å². The fourth-order valence-corrected chi connectivity index (χ4v) is 3.94. The molecule has 0 saturated carbocycles. The van der Waals surface area contributed by atoms with E-state index in [0.29, 0.717) is 12.1 Å². The average molecular weight is 422 g/mol. The number of aromatic amines is 1. The third-order valence-electron chi connectivity index (χ3n) is 5.55. The Morgan fingerprint density at radius 3 is 2.47 bits per heavy atom. The summed E-state index contributed by atoms with van der Waals surface area (Å²) in [4.78, 5) is 20.3. The second kappa shape index (κ2) is 8.53. The molecule has 2 heterocycles. The van der Waals surface area contributed by atoms with Gasteiger partial charge in [-0.2, -0.15) is 0 Å². The van der Waals surface area contributed by atoms with Crippen LogP contribution in [0.4, 0.5) is 11.4 Å². The predicted octanol–water partition coefficient (Wildman–Crippen LogP) is 4.51. The van der Waals surface area contributed by atoms with Gasteiger partial charge >= 0.3 is 0 Å². The maximum Gasteiger partial charge on any atom is 0.258 e. The van der Waals surface area contributed by atoms with Crippen molar-refractivity contribution in [2.24, 2.45) is 5.73 Å². The summed E-state index contributed by atoms with van der Waals surface area (Å²) < 4.78 is 0. The molecule has 0 unspecified atom stereocenters. The number of anilines is 2. The molecule has 158 valence electrons. The summed E-state index contributed by atoms with van der Waals surface area (Å²) in [5, 5.41) is 6.48. The molecule has 0 saturated heterocycles. The van der Waals surface area contributed by atoms with Crippen molar-refractivity contribution in [3.63, 3.8) is 0 Å². The summed E-state index contributed by atoms with van der Waals surface area (Å²) in [6, 6.07) is 23.9. The first-order chi connectivity index (χ1) is 15.7. The smallest absolute Gasteiger partial charge is 0.258 e. The molecular formula is C26H23N5O. The number of imidazole rings is 1. The number of nitrogens with two attached hydrogens (primary N) is 1. The van der Waals surface area contributed by atoms with Crippen molar-refractivity contribution in [3.8, 4) is 11.3 Å². The van der Waals surface area contributed by atoms with Crippen LogP contribution in [0.25, 0.3) is 22.5 Å². The number of rotatable bonds is 6. The van der Waals surface area contributed by atoms with E-state index in [1.54, 1.807) is 6.33 Å². The number of amides is 1. The van der Waals surface area contributed by atoms with E-state index in [2.05, 4.69) is 32.7 Å². The number of hydrogen-bond donors (Lipinski definition) is 4. The highest BCUT2D eigenvalue weighted by atomic mass is 16.2. The number of H-pyrrole nitrogens is 1. The van der Waals surface area contributed by atoms with Crippen LogP contribution >= 0.6 is 0 Å². The number of carbonyl (C=O) groups is 1. The number of hydrogen-bond acceptors (Lipinski definition) is 4. The molecule has 4 aromatic rings. The van der Waals surface area contributed by atoms with Crippen molar-refractivity contribution in [2.75, 3.05) is 17.2 Å². The topological polar surface area (TPSA) is 95.8 Å². The number of nitrogens with zero attached hydrogens (tertiary/aromatic N) is 1. The Bertz CT molecular complexity index is 1270. The highest BCUT2D eigenvalue weighted by molar-refractivity contribution is 6.37. The molecule has 1 amide bonds. The molecule has 0 fully saturated rings. The minimum absolute atomic E-state index is 0.118. The van der Waals surface area contributed by atoms with Crippen LogP contribution in [0.3, 0.4) is 0 Å². The van der Waals surface area contributed by atoms with Crippen molar-refractivity contribution in [3.05, 3.63) is 102 Å². The number of para-hydroxylation sites is 1. The van der Waals surface area contributed by atoms with Gasteiger partial charge < -0.3 is 21.4 Å². The van der Waals surface area contributed by atoms with Crippen LogP contribution in [0.1, 0.15) is 16.7 Å². The Kier molecular flexibility index (Phi) is 5.27. The van der Waals surface area contributed by atoms with Crippen LogP contribution in [-0.2, 0) is 11.2 Å². The van der Waals surface area contributed by atoms with Gasteiger partial charge in [0.25, 0.3) is 5.91 Å². The Morgan fingerprint density at radius 2 is 1.75 bits per heavy atom. The molecule has 1 aliphatic heterocycles. The fraction of sp³-hybridized carbons (Fsp3) is 0.0769. The largest absolute Gasteiger partial charge is 0.354 e. The van der Waals surface area contributed by atoms with Crippen LogP contribution < -0.4 is 16.4 Å². The molecule has 5 rings (SSSR count). The second-order valence-corrected chi connectivity index (χ2v) is 7.64. The molecular weight excluding hydrogens is 398 g/mol. The van der Waals surface area contributed by atoms with Gasteiger partial charge in [0, 0.05) is 28.7 Å². The van der Waals surface area contributed by atoms with E-state index < -0.39 is 0 Å². The number of benzene rings is 3. The average Bonchev–Trinajstić information content (AvgIpc) is 3.47. The predicted molar refractivity (Wildman–Crippen MR) is 129 cm³/mol. The molecule has 5 N–H and O–H groups in total. The number of nitrogens with one attached hydrogen (secondary N) is 3. The van der Waals surface area contributed by atoms with E-state index >= 15 is 0 Å². The van der Waals surface area contributed by atoms with E-state index in [1.807, 2.05) is 66.9 Å². The maximum atomic E-state index is 13.0. The van der Waals surface area contributed by atoms with E-state index in [0.717, 1.165) is 45.9 Å². The van der Waals surface area contributed by atoms with Gasteiger partial charge in [-0.15, -0.1) is 0 Å². The Labute approximate surface area is 186 Å². The maximum absolute atomic E-state index is 13.0.